The normalized spacial score (nSPS) is 11.7. The zero-order valence-electron chi connectivity index (χ0n) is 15.3. The van der Waals surface area contributed by atoms with E-state index in [1.807, 2.05) is 0 Å². The molecule has 0 atom stereocenters. The van der Waals surface area contributed by atoms with Crippen LogP contribution in [0.25, 0.3) is 0 Å². The minimum Gasteiger partial charge on any atom is -0.480 e. The van der Waals surface area contributed by atoms with Gasteiger partial charge in [0, 0.05) is 11.4 Å². The van der Waals surface area contributed by atoms with Crippen LogP contribution >= 0.6 is 11.6 Å². The minimum atomic E-state index is -2.07. The fraction of sp³-hybridized carbons (Fsp3) is 0.474. The van der Waals surface area contributed by atoms with E-state index in [1.165, 1.54) is 0 Å². The molecule has 0 radical (unpaired) electrons. The van der Waals surface area contributed by atoms with Gasteiger partial charge in [0.2, 0.25) is 5.60 Å². The van der Waals surface area contributed by atoms with E-state index in [-0.39, 0.29) is 19.3 Å². The van der Waals surface area contributed by atoms with E-state index in [1.54, 1.807) is 38.1 Å². The lowest BCUT2D eigenvalue weighted by Crippen LogP contribution is -2.54. The number of ether oxygens (including phenoxy) is 1. The maximum absolute atomic E-state index is 12.7. The monoisotopic (exact) mass is 382 g/mol. The highest BCUT2D eigenvalue weighted by Crippen LogP contribution is 2.32. The topological polar surface area (TPSA) is 97.7 Å². The van der Waals surface area contributed by atoms with Crippen molar-refractivity contribution in [3.05, 3.63) is 34.9 Å². The molecule has 7 heteroatoms. The first kappa shape index (κ1) is 21.8. The van der Waals surface area contributed by atoms with Crippen LogP contribution in [0.15, 0.2) is 24.3 Å². The van der Waals surface area contributed by atoms with Crippen LogP contribution in [0.5, 0.6) is 0 Å². The molecule has 6 nitrogen and oxygen atoms in total. The average molecular weight is 383 g/mol. The summed E-state index contributed by atoms with van der Waals surface area (Å²) in [6.07, 6.45) is -0.237. The number of ketones is 2. The van der Waals surface area contributed by atoms with Crippen LogP contribution in [-0.2, 0) is 30.3 Å². The van der Waals surface area contributed by atoms with E-state index in [2.05, 4.69) is 0 Å². The summed E-state index contributed by atoms with van der Waals surface area (Å²) in [6.45, 7) is 5.37. The molecule has 0 aliphatic heterocycles. The maximum atomic E-state index is 12.7. The van der Waals surface area contributed by atoms with E-state index in [0.717, 1.165) is 13.8 Å². The highest BCUT2D eigenvalue weighted by atomic mass is 35.5. The van der Waals surface area contributed by atoms with Crippen LogP contribution < -0.4 is 0 Å². The predicted molar refractivity (Wildman–Crippen MR) is 96.0 cm³/mol. The molecule has 0 fully saturated rings. The van der Waals surface area contributed by atoms with Gasteiger partial charge in [0.05, 0.1) is 0 Å². The first-order chi connectivity index (χ1) is 12.1. The van der Waals surface area contributed by atoms with E-state index in [0.29, 0.717) is 10.6 Å². The number of benzene rings is 1. The van der Waals surface area contributed by atoms with Gasteiger partial charge in [-0.1, -0.05) is 37.6 Å². The fourth-order valence-corrected chi connectivity index (χ4v) is 2.88. The van der Waals surface area contributed by atoms with Crippen LogP contribution in [0, 0.1) is 5.41 Å². The third-order valence-corrected chi connectivity index (χ3v) is 5.03. The van der Waals surface area contributed by atoms with Crippen LogP contribution in [0.4, 0.5) is 0 Å². The van der Waals surface area contributed by atoms with Crippen molar-refractivity contribution in [2.24, 2.45) is 5.41 Å². The van der Waals surface area contributed by atoms with Crippen molar-refractivity contribution in [2.75, 3.05) is 0 Å². The Bertz CT molecular complexity index is 689. The second kappa shape index (κ2) is 8.45. The van der Waals surface area contributed by atoms with Gasteiger partial charge in [0.1, 0.15) is 0 Å². The Balaban J connectivity index is 3.36. The Hall–Kier alpha value is -2.21. The van der Waals surface area contributed by atoms with Gasteiger partial charge >= 0.3 is 11.9 Å². The Kier molecular flexibility index (Phi) is 7.09. The second-order valence-corrected chi connectivity index (χ2v) is 6.66. The van der Waals surface area contributed by atoms with Crippen molar-refractivity contribution in [1.29, 1.82) is 0 Å². The smallest absolute Gasteiger partial charge is 0.324 e. The van der Waals surface area contributed by atoms with E-state index < -0.39 is 34.5 Å². The molecule has 0 aromatic heterocycles. The number of halogens is 1. The summed E-state index contributed by atoms with van der Waals surface area (Å²) in [6, 6.07) is 6.40. The molecule has 142 valence electrons. The van der Waals surface area contributed by atoms with Crippen LogP contribution in [0.1, 0.15) is 46.1 Å². The molecular formula is C19H23ClO6. The number of rotatable bonds is 9. The number of carbonyl (C=O) groups excluding carboxylic acids is 3. The fourth-order valence-electron chi connectivity index (χ4n) is 2.75. The molecule has 0 heterocycles. The predicted octanol–water partition coefficient (Wildman–Crippen LogP) is 3.23. The van der Waals surface area contributed by atoms with Crippen molar-refractivity contribution in [2.45, 2.75) is 52.6 Å². The van der Waals surface area contributed by atoms with Crippen molar-refractivity contribution >= 4 is 35.1 Å². The van der Waals surface area contributed by atoms with Crippen molar-refractivity contribution in [1.82, 2.24) is 0 Å². The number of carbonyl (C=O) groups is 4. The minimum absolute atomic E-state index is 0.0233. The van der Waals surface area contributed by atoms with Gasteiger partial charge in [0.15, 0.2) is 17.0 Å². The molecule has 0 unspecified atom stereocenters. The summed E-state index contributed by atoms with van der Waals surface area (Å²) in [5.74, 6) is -3.77. The number of carboxylic acids is 1. The second-order valence-electron chi connectivity index (χ2n) is 6.23. The van der Waals surface area contributed by atoms with Gasteiger partial charge in [-0.2, -0.15) is 0 Å². The number of hydrogen-bond donors (Lipinski definition) is 1. The molecule has 1 aromatic carbocycles. The maximum Gasteiger partial charge on any atom is 0.324 e. The van der Waals surface area contributed by atoms with Crippen molar-refractivity contribution in [3.8, 4) is 0 Å². The molecule has 0 saturated carbocycles. The van der Waals surface area contributed by atoms with Crippen LogP contribution in [0.3, 0.4) is 0 Å². The summed E-state index contributed by atoms with van der Waals surface area (Å²) in [7, 11) is 0. The summed E-state index contributed by atoms with van der Waals surface area (Å²) < 4.78 is 5.35. The third-order valence-electron chi connectivity index (χ3n) is 4.78. The summed E-state index contributed by atoms with van der Waals surface area (Å²) in [5.41, 5.74) is -3.33. The van der Waals surface area contributed by atoms with Crippen molar-refractivity contribution < 1.29 is 29.0 Å². The molecule has 0 aliphatic carbocycles. The molecule has 0 bridgehead atoms. The molecule has 0 spiro atoms. The first-order valence-corrected chi connectivity index (χ1v) is 8.67. The molecule has 26 heavy (non-hydrogen) atoms. The highest BCUT2D eigenvalue weighted by molar-refractivity contribution is 6.30. The van der Waals surface area contributed by atoms with Gasteiger partial charge in [-0.15, -0.1) is 0 Å². The van der Waals surface area contributed by atoms with E-state index in [4.69, 9.17) is 16.3 Å². The summed E-state index contributed by atoms with van der Waals surface area (Å²) >= 11 is 5.84. The Morgan fingerprint density at radius 2 is 1.46 bits per heavy atom. The highest BCUT2D eigenvalue weighted by Gasteiger charge is 2.52. The average Bonchev–Trinajstić information content (AvgIpc) is 2.57. The van der Waals surface area contributed by atoms with E-state index >= 15 is 0 Å². The molecule has 0 aliphatic rings. The van der Waals surface area contributed by atoms with Gasteiger partial charge in [-0.3, -0.25) is 19.2 Å². The summed E-state index contributed by atoms with van der Waals surface area (Å²) in [4.78, 5) is 49.0. The van der Waals surface area contributed by atoms with Gasteiger partial charge in [-0.25, -0.2) is 0 Å². The lowest BCUT2D eigenvalue weighted by molar-refractivity contribution is -0.186. The van der Waals surface area contributed by atoms with Gasteiger partial charge in [0.25, 0.3) is 0 Å². The standard InChI is InChI=1S/C19H23ClO6/c1-5-18(6-2,16(23)24)17(25)26-19(12(3)21,13(4)22)11-14-7-9-15(20)10-8-14/h7-10H,5-6,11H2,1-4H3,(H,23,24). The van der Waals surface area contributed by atoms with Gasteiger partial charge in [-0.05, 0) is 44.4 Å². The van der Waals surface area contributed by atoms with Crippen LogP contribution in [0.2, 0.25) is 5.02 Å². The Morgan fingerprint density at radius 3 is 1.81 bits per heavy atom. The molecule has 0 amide bonds. The molecular weight excluding hydrogens is 360 g/mol. The number of aliphatic carboxylic acids is 1. The molecule has 1 N–H and O–H groups in total. The zero-order valence-corrected chi connectivity index (χ0v) is 16.1. The Labute approximate surface area is 157 Å². The molecule has 1 rings (SSSR count). The Morgan fingerprint density at radius 1 is 1.00 bits per heavy atom. The lowest BCUT2D eigenvalue weighted by atomic mass is 9.81. The first-order valence-electron chi connectivity index (χ1n) is 8.29. The van der Waals surface area contributed by atoms with E-state index in [9.17, 15) is 24.3 Å². The number of esters is 1. The lowest BCUT2D eigenvalue weighted by Gasteiger charge is -2.33. The zero-order chi connectivity index (χ0) is 20.1. The largest absolute Gasteiger partial charge is 0.480 e. The molecule has 1 aromatic rings. The SMILES string of the molecule is CCC(CC)(C(=O)O)C(=O)OC(Cc1ccc(Cl)cc1)(C(C)=O)C(C)=O. The third kappa shape index (κ3) is 4.12. The molecule has 0 saturated heterocycles. The number of carboxylic acid groups (broad SMARTS) is 1. The van der Waals surface area contributed by atoms with Crippen LogP contribution in [-0.4, -0.2) is 34.2 Å². The number of Topliss-reactive ketones (excluding diaryl/α,β-unsaturated/α-hetero) is 2. The quantitative estimate of drug-likeness (QED) is 0.520. The van der Waals surface area contributed by atoms with Gasteiger partial charge < -0.3 is 9.84 Å². The van der Waals surface area contributed by atoms with Crippen molar-refractivity contribution in [3.63, 3.8) is 0 Å². The number of hydrogen-bond acceptors (Lipinski definition) is 5. The summed E-state index contributed by atoms with van der Waals surface area (Å²) in [5, 5.41) is 9.98.